The maximum absolute atomic E-state index is 11.1. The van der Waals surface area contributed by atoms with Crippen LogP contribution in [0.2, 0.25) is 0 Å². The van der Waals surface area contributed by atoms with Crippen LogP contribution < -0.4 is 10.6 Å². The highest BCUT2D eigenvalue weighted by Gasteiger charge is 2.04. The lowest BCUT2D eigenvalue weighted by atomic mass is 10.2. The van der Waals surface area contributed by atoms with Crippen LogP contribution in [-0.2, 0) is 11.3 Å². The van der Waals surface area contributed by atoms with E-state index in [-0.39, 0.29) is 11.5 Å². The molecule has 82 valence electrons. The van der Waals surface area contributed by atoms with Gasteiger partial charge in [0.25, 0.3) is 5.91 Å². The van der Waals surface area contributed by atoms with Crippen LogP contribution in [0.1, 0.15) is 5.56 Å². The van der Waals surface area contributed by atoms with Gasteiger partial charge >= 0.3 is 0 Å². The fourth-order valence-corrected chi connectivity index (χ4v) is 1.15. The van der Waals surface area contributed by atoms with E-state index in [1.54, 1.807) is 0 Å². The van der Waals surface area contributed by atoms with Gasteiger partial charge in [0.1, 0.15) is 11.6 Å². The molecule has 1 aromatic carbocycles. The van der Waals surface area contributed by atoms with Gasteiger partial charge in [-0.1, -0.05) is 30.3 Å². The number of nitriles is 1. The minimum Gasteiger partial charge on any atom is -0.386 e. The molecule has 0 aliphatic rings. The first kappa shape index (κ1) is 11.8. The van der Waals surface area contributed by atoms with Gasteiger partial charge in [0, 0.05) is 19.8 Å². The molecule has 0 saturated heterocycles. The highest BCUT2D eigenvalue weighted by Crippen LogP contribution is 1.97. The summed E-state index contributed by atoms with van der Waals surface area (Å²) in [6, 6.07) is 11.6. The Morgan fingerprint density at radius 3 is 2.69 bits per heavy atom. The summed E-state index contributed by atoms with van der Waals surface area (Å²) in [6.07, 6.45) is 1.42. The van der Waals surface area contributed by atoms with E-state index in [2.05, 4.69) is 10.6 Å². The summed E-state index contributed by atoms with van der Waals surface area (Å²) < 4.78 is 0. The van der Waals surface area contributed by atoms with Crippen molar-refractivity contribution < 1.29 is 4.79 Å². The monoisotopic (exact) mass is 215 g/mol. The fourth-order valence-electron chi connectivity index (χ4n) is 1.15. The molecule has 0 aromatic heterocycles. The van der Waals surface area contributed by atoms with Gasteiger partial charge in [0.15, 0.2) is 0 Å². The first-order valence-electron chi connectivity index (χ1n) is 4.87. The zero-order valence-corrected chi connectivity index (χ0v) is 9.03. The Balaban J connectivity index is 2.54. The minimum absolute atomic E-state index is 0.0680. The second-order valence-electron chi connectivity index (χ2n) is 3.12. The Morgan fingerprint density at radius 2 is 2.12 bits per heavy atom. The molecule has 0 radical (unpaired) electrons. The first-order chi connectivity index (χ1) is 7.77. The van der Waals surface area contributed by atoms with Gasteiger partial charge in [-0.2, -0.15) is 5.26 Å². The molecule has 0 aliphatic heterocycles. The molecule has 16 heavy (non-hydrogen) atoms. The van der Waals surface area contributed by atoms with Crippen LogP contribution in [-0.4, -0.2) is 13.0 Å². The van der Waals surface area contributed by atoms with Crippen molar-refractivity contribution in [2.45, 2.75) is 6.54 Å². The molecule has 4 heteroatoms. The van der Waals surface area contributed by atoms with Gasteiger partial charge in [-0.25, -0.2) is 0 Å². The van der Waals surface area contributed by atoms with Crippen LogP contribution in [0.15, 0.2) is 42.1 Å². The summed E-state index contributed by atoms with van der Waals surface area (Å²) in [5.41, 5.74) is 1.16. The summed E-state index contributed by atoms with van der Waals surface area (Å²) in [5.74, 6) is -0.386. The number of nitrogens with zero attached hydrogens (tertiary/aromatic N) is 1. The van der Waals surface area contributed by atoms with E-state index in [9.17, 15) is 4.79 Å². The summed E-state index contributed by atoms with van der Waals surface area (Å²) >= 11 is 0. The Hall–Kier alpha value is -2.28. The van der Waals surface area contributed by atoms with Crippen molar-refractivity contribution in [3.05, 3.63) is 47.7 Å². The Kier molecular flexibility index (Phi) is 4.61. The first-order valence-corrected chi connectivity index (χ1v) is 4.87. The van der Waals surface area contributed by atoms with Gasteiger partial charge in [0.2, 0.25) is 0 Å². The van der Waals surface area contributed by atoms with Crippen LogP contribution in [0.3, 0.4) is 0 Å². The van der Waals surface area contributed by atoms with E-state index in [4.69, 9.17) is 5.26 Å². The summed E-state index contributed by atoms with van der Waals surface area (Å²) in [7, 11) is 1.49. The highest BCUT2D eigenvalue weighted by molar-refractivity contribution is 5.96. The lowest BCUT2D eigenvalue weighted by Crippen LogP contribution is -2.21. The number of carbonyl (C=O) groups is 1. The summed E-state index contributed by atoms with van der Waals surface area (Å²) in [4.78, 5) is 11.1. The number of benzene rings is 1. The molecule has 0 bridgehead atoms. The lowest BCUT2D eigenvalue weighted by molar-refractivity contribution is -0.116. The van der Waals surface area contributed by atoms with Gasteiger partial charge in [-0.3, -0.25) is 4.79 Å². The van der Waals surface area contributed by atoms with Crippen molar-refractivity contribution in [3.8, 4) is 6.07 Å². The topological polar surface area (TPSA) is 64.9 Å². The Labute approximate surface area is 94.6 Å². The number of hydrogen-bond donors (Lipinski definition) is 2. The summed E-state index contributed by atoms with van der Waals surface area (Å²) in [6.45, 7) is 0.586. The van der Waals surface area contributed by atoms with Crippen LogP contribution in [0.25, 0.3) is 0 Å². The SMILES string of the molecule is CNC(=O)C(C#N)=CNCc1ccccc1. The number of hydrogen-bond acceptors (Lipinski definition) is 3. The van der Waals surface area contributed by atoms with Crippen LogP contribution in [0.4, 0.5) is 0 Å². The third kappa shape index (κ3) is 3.46. The largest absolute Gasteiger partial charge is 0.386 e. The number of likely N-dealkylation sites (N-methyl/N-ethyl adjacent to an activating group) is 1. The van der Waals surface area contributed by atoms with E-state index < -0.39 is 0 Å². The summed E-state index contributed by atoms with van der Waals surface area (Å²) in [5, 5.41) is 14.0. The quantitative estimate of drug-likeness (QED) is 0.580. The standard InChI is InChI=1S/C12H13N3O/c1-14-12(16)11(7-13)9-15-8-10-5-3-2-4-6-10/h2-6,9,15H,8H2,1H3,(H,14,16). The zero-order valence-electron chi connectivity index (χ0n) is 9.03. The van der Waals surface area contributed by atoms with Gasteiger partial charge in [0.05, 0.1) is 0 Å². The zero-order chi connectivity index (χ0) is 11.8. The molecular formula is C12H13N3O. The molecule has 4 nitrogen and oxygen atoms in total. The van der Waals surface area contributed by atoms with Crippen molar-refractivity contribution >= 4 is 5.91 Å². The van der Waals surface area contributed by atoms with E-state index in [0.29, 0.717) is 6.54 Å². The van der Waals surface area contributed by atoms with Gasteiger partial charge in [-0.15, -0.1) is 0 Å². The molecule has 0 atom stereocenters. The van der Waals surface area contributed by atoms with Gasteiger partial charge < -0.3 is 10.6 Å². The second kappa shape index (κ2) is 6.25. The number of rotatable bonds is 4. The predicted octanol–water partition coefficient (Wildman–Crippen LogP) is 0.930. The molecule has 0 aliphatic carbocycles. The van der Waals surface area contributed by atoms with Crippen LogP contribution in [0.5, 0.6) is 0 Å². The van der Waals surface area contributed by atoms with Crippen molar-refractivity contribution in [1.29, 1.82) is 5.26 Å². The smallest absolute Gasteiger partial charge is 0.263 e. The molecular weight excluding hydrogens is 202 g/mol. The Morgan fingerprint density at radius 1 is 1.44 bits per heavy atom. The number of nitrogens with one attached hydrogen (secondary N) is 2. The van der Waals surface area contributed by atoms with Crippen LogP contribution in [0, 0.1) is 11.3 Å². The average molecular weight is 215 g/mol. The fraction of sp³-hybridized carbons (Fsp3) is 0.167. The molecule has 0 spiro atoms. The van der Waals surface area contributed by atoms with E-state index >= 15 is 0 Å². The molecule has 1 aromatic rings. The van der Waals surface area contributed by atoms with Crippen molar-refractivity contribution in [1.82, 2.24) is 10.6 Å². The van der Waals surface area contributed by atoms with E-state index in [0.717, 1.165) is 5.56 Å². The molecule has 0 saturated carbocycles. The maximum Gasteiger partial charge on any atom is 0.263 e. The van der Waals surface area contributed by atoms with Crippen molar-refractivity contribution in [2.75, 3.05) is 7.05 Å². The normalized spacial score (nSPS) is 10.4. The molecule has 2 N–H and O–H groups in total. The number of amides is 1. The third-order valence-electron chi connectivity index (χ3n) is 1.99. The number of carbonyl (C=O) groups excluding carboxylic acids is 1. The third-order valence-corrected chi connectivity index (χ3v) is 1.99. The maximum atomic E-state index is 11.1. The molecule has 0 unspecified atom stereocenters. The molecule has 0 fully saturated rings. The van der Waals surface area contributed by atoms with Crippen LogP contribution >= 0.6 is 0 Å². The average Bonchev–Trinajstić information content (AvgIpc) is 2.35. The van der Waals surface area contributed by atoms with Crippen molar-refractivity contribution in [2.24, 2.45) is 0 Å². The Bertz CT molecular complexity index is 418. The highest BCUT2D eigenvalue weighted by atomic mass is 16.1. The second-order valence-corrected chi connectivity index (χ2v) is 3.12. The predicted molar refractivity (Wildman–Crippen MR) is 61.0 cm³/mol. The van der Waals surface area contributed by atoms with Crippen molar-refractivity contribution in [3.63, 3.8) is 0 Å². The lowest BCUT2D eigenvalue weighted by Gasteiger charge is -2.01. The van der Waals surface area contributed by atoms with Gasteiger partial charge in [-0.05, 0) is 5.56 Å². The van der Waals surface area contributed by atoms with E-state index in [1.807, 2.05) is 36.4 Å². The molecule has 1 amide bonds. The molecule has 0 heterocycles. The minimum atomic E-state index is -0.386. The molecule has 1 rings (SSSR count). The van der Waals surface area contributed by atoms with E-state index in [1.165, 1.54) is 13.2 Å².